The quantitative estimate of drug-likeness (QED) is 0.868. The van der Waals surface area contributed by atoms with Gasteiger partial charge < -0.3 is 9.42 Å². The van der Waals surface area contributed by atoms with Crippen molar-refractivity contribution in [3.05, 3.63) is 39.9 Å². The molecule has 0 spiro atoms. The summed E-state index contributed by atoms with van der Waals surface area (Å²) in [5.41, 5.74) is 0.740. The summed E-state index contributed by atoms with van der Waals surface area (Å²) in [6, 6.07) is 5.92. The lowest BCUT2D eigenvalue weighted by Gasteiger charge is -2.33. The standard InChI is InChI=1S/C14H17N3O2S/c1-11-9-13(19-15-11)14(18)17-6-4-16(5-7-17)10-12-3-2-8-20-12/h2-3,8-9H,4-7,10H2,1H3. The molecule has 0 atom stereocenters. The van der Waals surface area contributed by atoms with Gasteiger partial charge in [0.15, 0.2) is 0 Å². The van der Waals surface area contributed by atoms with E-state index in [1.165, 1.54) is 4.88 Å². The van der Waals surface area contributed by atoms with Gasteiger partial charge in [-0.3, -0.25) is 9.69 Å². The second-order valence-corrected chi connectivity index (χ2v) is 6.01. The first kappa shape index (κ1) is 13.3. The fourth-order valence-corrected chi connectivity index (χ4v) is 3.10. The Morgan fingerprint density at radius 2 is 2.20 bits per heavy atom. The highest BCUT2D eigenvalue weighted by Crippen LogP contribution is 2.15. The number of piperazine rings is 1. The highest BCUT2D eigenvalue weighted by Gasteiger charge is 2.24. The average molecular weight is 291 g/mol. The van der Waals surface area contributed by atoms with E-state index in [1.54, 1.807) is 17.4 Å². The maximum absolute atomic E-state index is 12.2. The number of rotatable bonds is 3. The van der Waals surface area contributed by atoms with Crippen molar-refractivity contribution < 1.29 is 9.32 Å². The summed E-state index contributed by atoms with van der Waals surface area (Å²) in [4.78, 5) is 17.8. The van der Waals surface area contributed by atoms with Crippen molar-refractivity contribution in [2.45, 2.75) is 13.5 Å². The van der Waals surface area contributed by atoms with Crippen molar-refractivity contribution in [3.63, 3.8) is 0 Å². The molecule has 0 aromatic carbocycles. The molecule has 106 valence electrons. The Hall–Kier alpha value is -1.66. The number of nitrogens with zero attached hydrogens (tertiary/aromatic N) is 3. The van der Waals surface area contributed by atoms with Gasteiger partial charge in [-0.15, -0.1) is 11.3 Å². The smallest absolute Gasteiger partial charge is 0.292 e. The van der Waals surface area contributed by atoms with E-state index in [1.807, 2.05) is 11.8 Å². The molecule has 0 aliphatic carbocycles. The summed E-state index contributed by atoms with van der Waals surface area (Å²) in [7, 11) is 0. The minimum Gasteiger partial charge on any atom is -0.351 e. The van der Waals surface area contributed by atoms with Gasteiger partial charge in [-0.1, -0.05) is 11.2 Å². The number of aromatic nitrogens is 1. The van der Waals surface area contributed by atoms with Gasteiger partial charge in [-0.25, -0.2) is 0 Å². The van der Waals surface area contributed by atoms with Crippen LogP contribution < -0.4 is 0 Å². The van der Waals surface area contributed by atoms with Crippen molar-refractivity contribution in [2.75, 3.05) is 26.2 Å². The Balaban J connectivity index is 1.54. The van der Waals surface area contributed by atoms with Crippen LogP contribution in [0.1, 0.15) is 21.1 Å². The summed E-state index contributed by atoms with van der Waals surface area (Å²) in [5, 5.41) is 5.86. The minimum absolute atomic E-state index is 0.0543. The largest absolute Gasteiger partial charge is 0.351 e. The Morgan fingerprint density at radius 1 is 1.40 bits per heavy atom. The fourth-order valence-electron chi connectivity index (χ4n) is 2.35. The van der Waals surface area contributed by atoms with Crippen molar-refractivity contribution in [1.82, 2.24) is 15.0 Å². The number of aryl methyl sites for hydroxylation is 1. The Labute approximate surface area is 121 Å². The van der Waals surface area contributed by atoms with E-state index in [2.05, 4.69) is 27.6 Å². The third-order valence-electron chi connectivity index (χ3n) is 3.46. The lowest BCUT2D eigenvalue weighted by Crippen LogP contribution is -2.48. The number of carbonyl (C=O) groups is 1. The van der Waals surface area contributed by atoms with Crippen LogP contribution in [-0.2, 0) is 6.54 Å². The topological polar surface area (TPSA) is 49.6 Å². The Bertz CT molecular complexity index is 571. The molecule has 1 aliphatic rings. The normalized spacial score (nSPS) is 16.6. The van der Waals surface area contributed by atoms with Gasteiger partial charge >= 0.3 is 0 Å². The van der Waals surface area contributed by atoms with Gasteiger partial charge in [-0.2, -0.15) is 0 Å². The molecule has 0 N–H and O–H groups in total. The molecule has 1 saturated heterocycles. The van der Waals surface area contributed by atoms with E-state index in [0.717, 1.165) is 38.4 Å². The molecule has 0 radical (unpaired) electrons. The van der Waals surface area contributed by atoms with Gasteiger partial charge in [0.2, 0.25) is 5.76 Å². The number of hydrogen-bond donors (Lipinski definition) is 0. The molecule has 2 aromatic heterocycles. The van der Waals surface area contributed by atoms with Gasteiger partial charge in [-0.05, 0) is 18.4 Å². The van der Waals surface area contributed by atoms with E-state index in [0.29, 0.717) is 5.76 Å². The molecule has 1 fully saturated rings. The van der Waals surface area contributed by atoms with Crippen LogP contribution in [0.2, 0.25) is 0 Å². The van der Waals surface area contributed by atoms with Crippen LogP contribution in [0.25, 0.3) is 0 Å². The highest BCUT2D eigenvalue weighted by molar-refractivity contribution is 7.09. The summed E-state index contributed by atoms with van der Waals surface area (Å²) < 4.78 is 5.04. The van der Waals surface area contributed by atoms with Gasteiger partial charge in [0.25, 0.3) is 5.91 Å². The van der Waals surface area contributed by atoms with Crippen molar-refractivity contribution in [2.24, 2.45) is 0 Å². The minimum atomic E-state index is -0.0543. The maximum Gasteiger partial charge on any atom is 0.292 e. The van der Waals surface area contributed by atoms with Crippen molar-refractivity contribution in [3.8, 4) is 0 Å². The van der Waals surface area contributed by atoms with Crippen LogP contribution in [0.15, 0.2) is 28.1 Å². The summed E-state index contributed by atoms with van der Waals surface area (Å²) in [6.07, 6.45) is 0. The molecule has 0 unspecified atom stereocenters. The third kappa shape index (κ3) is 2.91. The first-order valence-corrected chi connectivity index (χ1v) is 7.57. The second-order valence-electron chi connectivity index (χ2n) is 4.98. The number of thiophene rings is 1. The molecule has 0 bridgehead atoms. The average Bonchev–Trinajstić information content (AvgIpc) is 3.10. The van der Waals surface area contributed by atoms with E-state index < -0.39 is 0 Å². The zero-order valence-corrected chi connectivity index (χ0v) is 12.2. The van der Waals surface area contributed by atoms with Crippen LogP contribution in [-0.4, -0.2) is 47.0 Å². The molecule has 3 heterocycles. The summed E-state index contributed by atoms with van der Waals surface area (Å²) in [6.45, 7) is 6.07. The third-order valence-corrected chi connectivity index (χ3v) is 4.32. The maximum atomic E-state index is 12.2. The number of amides is 1. The van der Waals surface area contributed by atoms with Crippen LogP contribution in [0.3, 0.4) is 0 Å². The van der Waals surface area contributed by atoms with Gasteiger partial charge in [0.05, 0.1) is 5.69 Å². The lowest BCUT2D eigenvalue weighted by molar-refractivity contribution is 0.0590. The van der Waals surface area contributed by atoms with Crippen LogP contribution in [0, 0.1) is 6.92 Å². The lowest BCUT2D eigenvalue weighted by atomic mass is 10.2. The summed E-state index contributed by atoms with van der Waals surface area (Å²) in [5.74, 6) is 0.288. The SMILES string of the molecule is Cc1cc(C(=O)N2CCN(Cc3cccs3)CC2)on1. The first-order valence-electron chi connectivity index (χ1n) is 6.70. The van der Waals surface area contributed by atoms with E-state index in [4.69, 9.17) is 4.52 Å². The Morgan fingerprint density at radius 3 is 2.80 bits per heavy atom. The van der Waals surface area contributed by atoms with Crippen LogP contribution in [0.4, 0.5) is 0 Å². The van der Waals surface area contributed by atoms with Gasteiger partial charge in [0, 0.05) is 43.7 Å². The van der Waals surface area contributed by atoms with Crippen molar-refractivity contribution >= 4 is 17.2 Å². The first-order chi connectivity index (χ1) is 9.72. The predicted octanol–water partition coefficient (Wildman–Crippen LogP) is 2.00. The molecular formula is C14H17N3O2S. The monoisotopic (exact) mass is 291 g/mol. The van der Waals surface area contributed by atoms with E-state index in [-0.39, 0.29) is 5.91 Å². The predicted molar refractivity (Wildman–Crippen MR) is 76.7 cm³/mol. The molecule has 2 aromatic rings. The second kappa shape index (κ2) is 5.76. The van der Waals surface area contributed by atoms with Crippen LogP contribution >= 0.6 is 11.3 Å². The fraction of sp³-hybridized carbons (Fsp3) is 0.429. The highest BCUT2D eigenvalue weighted by atomic mass is 32.1. The molecule has 3 rings (SSSR count). The molecule has 1 aliphatic heterocycles. The molecule has 20 heavy (non-hydrogen) atoms. The van der Waals surface area contributed by atoms with Gasteiger partial charge in [0.1, 0.15) is 0 Å². The molecule has 6 heteroatoms. The van der Waals surface area contributed by atoms with Crippen molar-refractivity contribution in [1.29, 1.82) is 0 Å². The van der Waals surface area contributed by atoms with E-state index in [9.17, 15) is 4.79 Å². The zero-order valence-electron chi connectivity index (χ0n) is 11.4. The zero-order chi connectivity index (χ0) is 13.9. The molecule has 5 nitrogen and oxygen atoms in total. The summed E-state index contributed by atoms with van der Waals surface area (Å²) >= 11 is 1.78. The molecular weight excluding hydrogens is 274 g/mol. The van der Waals surface area contributed by atoms with E-state index >= 15 is 0 Å². The Kier molecular flexibility index (Phi) is 3.84. The molecule has 0 saturated carbocycles. The van der Waals surface area contributed by atoms with Crippen LogP contribution in [0.5, 0.6) is 0 Å². The number of hydrogen-bond acceptors (Lipinski definition) is 5. The number of carbonyl (C=O) groups excluding carboxylic acids is 1. The molecule has 1 amide bonds.